The van der Waals surface area contributed by atoms with Crippen molar-refractivity contribution >= 4 is 22.1 Å². The van der Waals surface area contributed by atoms with Gasteiger partial charge in [0.25, 0.3) is 0 Å². The first kappa shape index (κ1) is 13.7. The minimum atomic E-state index is 0.837. The number of aryl methyl sites for hydroxylation is 1. The number of pyridine rings is 1. The first-order valence-electron chi connectivity index (χ1n) is 8.55. The minimum absolute atomic E-state index is 0.837. The zero-order valence-electron chi connectivity index (χ0n) is 13.7. The van der Waals surface area contributed by atoms with E-state index in [-0.39, 0.29) is 0 Å². The largest absolute Gasteiger partial charge is 0.346 e. The van der Waals surface area contributed by atoms with Gasteiger partial charge >= 0.3 is 0 Å². The Hall–Kier alpha value is -2.69. The van der Waals surface area contributed by atoms with Gasteiger partial charge in [-0.3, -0.25) is 0 Å². The van der Waals surface area contributed by atoms with Crippen molar-refractivity contribution < 1.29 is 0 Å². The number of benzene rings is 1. The lowest BCUT2D eigenvalue weighted by atomic mass is 9.82. The van der Waals surface area contributed by atoms with E-state index in [1.807, 2.05) is 17.8 Å². The van der Waals surface area contributed by atoms with E-state index in [1.54, 1.807) is 0 Å². The minimum Gasteiger partial charge on any atom is -0.346 e. The smallest absolute Gasteiger partial charge is 0.138 e. The average molecular weight is 317 g/mol. The zero-order chi connectivity index (χ0) is 16.1. The van der Waals surface area contributed by atoms with Crippen LogP contribution >= 0.6 is 0 Å². The van der Waals surface area contributed by atoms with Gasteiger partial charge in [0.2, 0.25) is 0 Å². The number of nitrogens with one attached hydrogen (secondary N) is 1. The van der Waals surface area contributed by atoms with Crippen LogP contribution in [0.3, 0.4) is 0 Å². The summed E-state index contributed by atoms with van der Waals surface area (Å²) < 4.78 is 1.81. The van der Waals surface area contributed by atoms with Gasteiger partial charge < -0.3 is 4.98 Å². The fraction of sp³-hybridized carbons (Fsp3) is 0.316. The molecule has 1 aliphatic rings. The number of hydrogen-bond donors (Lipinski definition) is 1. The van der Waals surface area contributed by atoms with E-state index in [2.05, 4.69) is 45.8 Å². The molecule has 1 N–H and O–H groups in total. The molecule has 0 spiro atoms. The number of nitrogens with zero attached hydrogens (tertiary/aromatic N) is 4. The number of aromatic nitrogens is 5. The van der Waals surface area contributed by atoms with E-state index in [1.165, 1.54) is 35.9 Å². The number of H-pyrrole nitrogens is 1. The molecular formula is C19H19N5. The van der Waals surface area contributed by atoms with Crippen LogP contribution in [0.5, 0.6) is 0 Å². The molecule has 1 aromatic carbocycles. The summed E-state index contributed by atoms with van der Waals surface area (Å²) in [7, 11) is 1.92. The first-order chi connectivity index (χ1) is 11.8. The molecule has 1 fully saturated rings. The third-order valence-corrected chi connectivity index (χ3v) is 5.24. The number of rotatable bonds is 3. The number of fused-ring (bicyclic) bond motifs is 2. The van der Waals surface area contributed by atoms with E-state index >= 15 is 0 Å². The molecule has 5 nitrogen and oxygen atoms in total. The van der Waals surface area contributed by atoms with Gasteiger partial charge in [-0.1, -0.05) is 30.5 Å². The Bertz CT molecular complexity index is 1040. The Morgan fingerprint density at radius 2 is 2.12 bits per heavy atom. The lowest BCUT2D eigenvalue weighted by Gasteiger charge is -2.24. The average Bonchev–Trinajstić information content (AvgIpc) is 3.14. The molecule has 0 radical (unpaired) electrons. The summed E-state index contributed by atoms with van der Waals surface area (Å²) in [6.45, 7) is 0. The molecule has 1 saturated carbocycles. The highest BCUT2D eigenvalue weighted by Crippen LogP contribution is 2.32. The van der Waals surface area contributed by atoms with Crippen LogP contribution in [-0.2, 0) is 13.5 Å². The molecule has 0 amide bonds. The third-order valence-electron chi connectivity index (χ3n) is 5.24. The quantitative estimate of drug-likeness (QED) is 0.624. The molecule has 120 valence electrons. The number of aromatic amines is 1. The van der Waals surface area contributed by atoms with Gasteiger partial charge in [0, 0.05) is 29.9 Å². The molecule has 5 heteroatoms. The fourth-order valence-electron chi connectivity index (χ4n) is 3.59. The highest BCUT2D eigenvalue weighted by atomic mass is 15.4. The van der Waals surface area contributed by atoms with Crippen molar-refractivity contribution in [2.75, 3.05) is 0 Å². The summed E-state index contributed by atoms with van der Waals surface area (Å²) in [4.78, 5) is 8.17. The van der Waals surface area contributed by atoms with Crippen molar-refractivity contribution in [2.45, 2.75) is 25.7 Å². The second kappa shape index (κ2) is 5.16. The molecule has 0 saturated heterocycles. The Morgan fingerprint density at radius 1 is 1.21 bits per heavy atom. The van der Waals surface area contributed by atoms with Crippen molar-refractivity contribution in [1.29, 1.82) is 0 Å². The SMILES string of the molecule is Cn1nnc2ccc(-c3c[nH]c4nc(CC5CCC5)ccc34)cc21. The van der Waals surface area contributed by atoms with Crippen LogP contribution in [0, 0.1) is 5.92 Å². The van der Waals surface area contributed by atoms with Crippen molar-refractivity contribution in [3.63, 3.8) is 0 Å². The Morgan fingerprint density at radius 3 is 2.96 bits per heavy atom. The molecule has 0 bridgehead atoms. The predicted octanol–water partition coefficient (Wildman–Crippen LogP) is 3.85. The normalized spacial score (nSPS) is 15.2. The van der Waals surface area contributed by atoms with Gasteiger partial charge in [-0.25, -0.2) is 9.67 Å². The Kier molecular flexibility index (Phi) is 2.95. The van der Waals surface area contributed by atoms with E-state index in [0.29, 0.717) is 0 Å². The standard InChI is InChI=1S/C19H19N5/c1-24-18-10-13(5-8-17(18)22-23-24)16-11-20-19-15(16)7-6-14(21-19)9-12-3-2-4-12/h5-8,10-12H,2-4,9H2,1H3,(H,20,21). The number of hydrogen-bond acceptors (Lipinski definition) is 3. The lowest BCUT2D eigenvalue weighted by molar-refractivity contribution is 0.312. The molecule has 0 atom stereocenters. The van der Waals surface area contributed by atoms with Gasteiger partial charge in [0.05, 0.1) is 5.52 Å². The second-order valence-electron chi connectivity index (χ2n) is 6.82. The summed E-state index contributed by atoms with van der Waals surface area (Å²) in [6, 6.07) is 10.6. The molecule has 0 aliphatic heterocycles. The molecular weight excluding hydrogens is 298 g/mol. The van der Waals surface area contributed by atoms with Crippen molar-refractivity contribution in [1.82, 2.24) is 25.0 Å². The van der Waals surface area contributed by atoms with Crippen LogP contribution in [0.15, 0.2) is 36.5 Å². The maximum atomic E-state index is 4.83. The molecule has 0 unspecified atom stereocenters. The van der Waals surface area contributed by atoms with Gasteiger partial charge in [-0.05, 0) is 42.2 Å². The maximum Gasteiger partial charge on any atom is 0.138 e. The summed E-state index contributed by atoms with van der Waals surface area (Å²) in [5, 5.41) is 9.40. The van der Waals surface area contributed by atoms with Crippen LogP contribution < -0.4 is 0 Å². The van der Waals surface area contributed by atoms with Gasteiger partial charge in [-0.2, -0.15) is 0 Å². The van der Waals surface area contributed by atoms with Crippen molar-refractivity contribution in [3.8, 4) is 11.1 Å². The van der Waals surface area contributed by atoms with Crippen molar-refractivity contribution in [3.05, 3.63) is 42.2 Å². The topological polar surface area (TPSA) is 59.4 Å². The summed E-state index contributed by atoms with van der Waals surface area (Å²) in [5.74, 6) is 0.837. The summed E-state index contributed by atoms with van der Waals surface area (Å²) in [6.07, 6.45) is 7.25. The molecule has 24 heavy (non-hydrogen) atoms. The van der Waals surface area contributed by atoms with Gasteiger partial charge in [0.15, 0.2) is 0 Å². The van der Waals surface area contributed by atoms with Crippen LogP contribution in [-0.4, -0.2) is 25.0 Å². The maximum absolute atomic E-state index is 4.83. The van der Waals surface area contributed by atoms with E-state index in [9.17, 15) is 0 Å². The Labute approximate surface area is 139 Å². The monoisotopic (exact) mass is 317 g/mol. The first-order valence-corrected chi connectivity index (χ1v) is 8.55. The fourth-order valence-corrected chi connectivity index (χ4v) is 3.59. The molecule has 4 aromatic rings. The molecule has 3 heterocycles. The van der Waals surface area contributed by atoms with E-state index in [0.717, 1.165) is 34.6 Å². The van der Waals surface area contributed by atoms with Gasteiger partial charge in [0.1, 0.15) is 11.2 Å². The molecule has 1 aliphatic carbocycles. The zero-order valence-corrected chi connectivity index (χ0v) is 13.7. The summed E-state index contributed by atoms with van der Waals surface area (Å²) >= 11 is 0. The molecule has 5 rings (SSSR count). The second-order valence-corrected chi connectivity index (χ2v) is 6.82. The third kappa shape index (κ3) is 2.12. The van der Waals surface area contributed by atoms with Crippen LogP contribution in [0.2, 0.25) is 0 Å². The Balaban J connectivity index is 1.56. The van der Waals surface area contributed by atoms with Crippen LogP contribution in [0.25, 0.3) is 33.2 Å². The highest BCUT2D eigenvalue weighted by molar-refractivity contribution is 5.95. The van der Waals surface area contributed by atoms with Crippen LogP contribution in [0.1, 0.15) is 25.0 Å². The van der Waals surface area contributed by atoms with E-state index < -0.39 is 0 Å². The predicted molar refractivity (Wildman–Crippen MR) is 94.6 cm³/mol. The van der Waals surface area contributed by atoms with Gasteiger partial charge in [-0.15, -0.1) is 5.10 Å². The highest BCUT2D eigenvalue weighted by Gasteiger charge is 2.19. The van der Waals surface area contributed by atoms with Crippen LogP contribution in [0.4, 0.5) is 0 Å². The lowest BCUT2D eigenvalue weighted by Crippen LogP contribution is -2.14. The summed E-state index contributed by atoms with van der Waals surface area (Å²) in [5.41, 5.74) is 6.47. The van der Waals surface area contributed by atoms with Crippen molar-refractivity contribution in [2.24, 2.45) is 13.0 Å². The molecule has 3 aromatic heterocycles. The van der Waals surface area contributed by atoms with E-state index in [4.69, 9.17) is 4.98 Å².